The van der Waals surface area contributed by atoms with Crippen molar-refractivity contribution in [2.45, 2.75) is 12.8 Å². The van der Waals surface area contributed by atoms with Crippen molar-refractivity contribution in [1.82, 2.24) is 5.32 Å². The minimum Gasteiger partial charge on any atom is -0.508 e. The Morgan fingerprint density at radius 1 is 1.21 bits per heavy atom. The molecule has 2 rings (SSSR count). The highest BCUT2D eigenvalue weighted by Crippen LogP contribution is 2.16. The minimum atomic E-state index is 0.328. The molecule has 1 heterocycles. The molecule has 1 aromatic rings. The SMILES string of the molecule is Oc1ccc(C=C2CCCNC2)cc1. The summed E-state index contributed by atoms with van der Waals surface area (Å²) in [5.74, 6) is 0.328. The third kappa shape index (κ3) is 2.36. The van der Waals surface area contributed by atoms with Crippen molar-refractivity contribution in [3.63, 3.8) is 0 Å². The van der Waals surface area contributed by atoms with Crippen molar-refractivity contribution in [3.8, 4) is 5.75 Å². The number of hydrogen-bond donors (Lipinski definition) is 2. The van der Waals surface area contributed by atoms with E-state index in [-0.39, 0.29) is 0 Å². The molecule has 2 nitrogen and oxygen atoms in total. The van der Waals surface area contributed by atoms with E-state index < -0.39 is 0 Å². The second kappa shape index (κ2) is 4.29. The molecule has 1 saturated heterocycles. The summed E-state index contributed by atoms with van der Waals surface area (Å²) in [6.07, 6.45) is 4.61. The van der Waals surface area contributed by atoms with Gasteiger partial charge in [0.1, 0.15) is 5.75 Å². The maximum absolute atomic E-state index is 9.13. The number of aromatic hydroxyl groups is 1. The Balaban J connectivity index is 2.11. The molecule has 2 N–H and O–H groups in total. The van der Waals surface area contributed by atoms with Crippen molar-refractivity contribution < 1.29 is 5.11 Å². The lowest BCUT2D eigenvalue weighted by Crippen LogP contribution is -2.23. The quantitative estimate of drug-likeness (QED) is 0.709. The lowest BCUT2D eigenvalue weighted by atomic mass is 10.0. The standard InChI is InChI=1S/C12H15NO/c14-12-5-3-10(4-6-12)8-11-2-1-7-13-9-11/h3-6,8,13-14H,1-2,7,9H2. The van der Waals surface area contributed by atoms with Gasteiger partial charge in [-0.05, 0) is 37.1 Å². The van der Waals surface area contributed by atoms with Gasteiger partial charge in [0.05, 0.1) is 0 Å². The van der Waals surface area contributed by atoms with Gasteiger partial charge in [-0.3, -0.25) is 0 Å². The highest BCUT2D eigenvalue weighted by Gasteiger charge is 2.03. The van der Waals surface area contributed by atoms with Crippen LogP contribution in [0.3, 0.4) is 0 Å². The fourth-order valence-corrected chi connectivity index (χ4v) is 1.71. The van der Waals surface area contributed by atoms with Gasteiger partial charge >= 0.3 is 0 Å². The van der Waals surface area contributed by atoms with Crippen molar-refractivity contribution in [2.24, 2.45) is 0 Å². The summed E-state index contributed by atoms with van der Waals surface area (Å²) in [6, 6.07) is 7.33. The van der Waals surface area contributed by atoms with Gasteiger partial charge in [-0.2, -0.15) is 0 Å². The number of benzene rings is 1. The molecule has 0 amide bonds. The zero-order chi connectivity index (χ0) is 9.80. The van der Waals surface area contributed by atoms with Gasteiger partial charge < -0.3 is 10.4 Å². The van der Waals surface area contributed by atoms with Crippen molar-refractivity contribution >= 4 is 6.08 Å². The summed E-state index contributed by atoms with van der Waals surface area (Å²) < 4.78 is 0. The minimum absolute atomic E-state index is 0.328. The maximum Gasteiger partial charge on any atom is 0.115 e. The Morgan fingerprint density at radius 2 is 2.00 bits per heavy atom. The normalized spacial score (nSPS) is 19.9. The number of piperidine rings is 1. The van der Waals surface area contributed by atoms with Crippen LogP contribution in [0.25, 0.3) is 6.08 Å². The van der Waals surface area contributed by atoms with Gasteiger partial charge in [0.15, 0.2) is 0 Å². The second-order valence-electron chi connectivity index (χ2n) is 3.67. The Morgan fingerprint density at radius 3 is 2.64 bits per heavy atom. The summed E-state index contributed by atoms with van der Waals surface area (Å²) in [4.78, 5) is 0. The summed E-state index contributed by atoms with van der Waals surface area (Å²) in [5.41, 5.74) is 2.61. The molecule has 0 aliphatic carbocycles. The molecule has 0 aromatic heterocycles. The third-order valence-corrected chi connectivity index (χ3v) is 2.47. The molecule has 1 fully saturated rings. The highest BCUT2D eigenvalue weighted by molar-refractivity contribution is 5.54. The van der Waals surface area contributed by atoms with Crippen LogP contribution in [-0.4, -0.2) is 18.2 Å². The lowest BCUT2D eigenvalue weighted by Gasteiger charge is -2.15. The van der Waals surface area contributed by atoms with Crippen molar-refractivity contribution in [3.05, 3.63) is 35.4 Å². The van der Waals surface area contributed by atoms with Crippen LogP contribution < -0.4 is 5.32 Å². The van der Waals surface area contributed by atoms with E-state index in [1.165, 1.54) is 24.0 Å². The first-order valence-corrected chi connectivity index (χ1v) is 5.04. The van der Waals surface area contributed by atoms with E-state index in [1.54, 1.807) is 12.1 Å². The molecule has 0 spiro atoms. The topological polar surface area (TPSA) is 32.3 Å². The summed E-state index contributed by atoms with van der Waals surface area (Å²) in [6.45, 7) is 2.13. The smallest absolute Gasteiger partial charge is 0.115 e. The Hall–Kier alpha value is -1.28. The average molecular weight is 189 g/mol. The van der Waals surface area contributed by atoms with Crippen LogP contribution in [0.1, 0.15) is 18.4 Å². The molecule has 2 heteroatoms. The third-order valence-electron chi connectivity index (χ3n) is 2.47. The lowest BCUT2D eigenvalue weighted by molar-refractivity contribution is 0.475. The molecule has 0 atom stereocenters. The molecule has 1 aliphatic heterocycles. The number of phenolic OH excluding ortho intramolecular Hbond substituents is 1. The molecule has 0 saturated carbocycles. The monoisotopic (exact) mass is 189 g/mol. The largest absolute Gasteiger partial charge is 0.508 e. The van der Waals surface area contributed by atoms with Crippen LogP contribution in [0.4, 0.5) is 0 Å². The van der Waals surface area contributed by atoms with Gasteiger partial charge in [-0.1, -0.05) is 23.8 Å². The Kier molecular flexibility index (Phi) is 2.84. The van der Waals surface area contributed by atoms with Gasteiger partial charge in [0.25, 0.3) is 0 Å². The van der Waals surface area contributed by atoms with E-state index in [2.05, 4.69) is 11.4 Å². The van der Waals surface area contributed by atoms with E-state index in [0.29, 0.717) is 5.75 Å². The van der Waals surface area contributed by atoms with Crippen LogP contribution in [0.2, 0.25) is 0 Å². The summed E-state index contributed by atoms with van der Waals surface area (Å²) in [5, 5.41) is 12.5. The molecule has 14 heavy (non-hydrogen) atoms. The molecule has 74 valence electrons. The fourth-order valence-electron chi connectivity index (χ4n) is 1.71. The van der Waals surface area contributed by atoms with Crippen LogP contribution >= 0.6 is 0 Å². The van der Waals surface area contributed by atoms with Gasteiger partial charge in [-0.15, -0.1) is 0 Å². The molecular weight excluding hydrogens is 174 g/mol. The Labute approximate surface area is 84.3 Å². The Bertz CT molecular complexity index is 319. The zero-order valence-corrected chi connectivity index (χ0v) is 8.16. The van der Waals surface area contributed by atoms with E-state index in [4.69, 9.17) is 5.11 Å². The van der Waals surface area contributed by atoms with E-state index >= 15 is 0 Å². The number of hydrogen-bond acceptors (Lipinski definition) is 2. The predicted octanol–water partition coefficient (Wildman–Crippen LogP) is 2.16. The molecule has 0 unspecified atom stereocenters. The predicted molar refractivity (Wildman–Crippen MR) is 58.2 cm³/mol. The van der Waals surface area contributed by atoms with Gasteiger partial charge in [0.2, 0.25) is 0 Å². The number of phenols is 1. The summed E-state index contributed by atoms with van der Waals surface area (Å²) in [7, 11) is 0. The van der Waals surface area contributed by atoms with E-state index in [9.17, 15) is 0 Å². The van der Waals surface area contributed by atoms with Crippen LogP contribution in [0.15, 0.2) is 29.8 Å². The molecule has 0 bridgehead atoms. The first-order chi connectivity index (χ1) is 6.84. The van der Waals surface area contributed by atoms with Crippen molar-refractivity contribution in [2.75, 3.05) is 13.1 Å². The van der Waals surface area contributed by atoms with Gasteiger partial charge in [-0.25, -0.2) is 0 Å². The van der Waals surface area contributed by atoms with Gasteiger partial charge in [0, 0.05) is 6.54 Å². The van der Waals surface area contributed by atoms with Crippen LogP contribution in [0.5, 0.6) is 5.75 Å². The van der Waals surface area contributed by atoms with E-state index in [0.717, 1.165) is 13.1 Å². The number of rotatable bonds is 1. The second-order valence-corrected chi connectivity index (χ2v) is 3.67. The number of nitrogens with one attached hydrogen (secondary N) is 1. The molecule has 1 aliphatic rings. The maximum atomic E-state index is 9.13. The average Bonchev–Trinajstić information content (AvgIpc) is 2.23. The highest BCUT2D eigenvalue weighted by atomic mass is 16.3. The van der Waals surface area contributed by atoms with E-state index in [1.807, 2.05) is 12.1 Å². The first-order valence-electron chi connectivity index (χ1n) is 5.04. The summed E-state index contributed by atoms with van der Waals surface area (Å²) >= 11 is 0. The zero-order valence-electron chi connectivity index (χ0n) is 8.16. The van der Waals surface area contributed by atoms with Crippen molar-refractivity contribution in [1.29, 1.82) is 0 Å². The van der Waals surface area contributed by atoms with Crippen LogP contribution in [0, 0.1) is 0 Å². The molecular formula is C12H15NO. The molecule has 1 aromatic carbocycles. The fraction of sp³-hybridized carbons (Fsp3) is 0.333. The molecule has 0 radical (unpaired) electrons. The van der Waals surface area contributed by atoms with Crippen LogP contribution in [-0.2, 0) is 0 Å². The first kappa shape index (κ1) is 9.28.